The van der Waals surface area contributed by atoms with Crippen LogP contribution in [0.1, 0.15) is 13.3 Å². The SMILES string of the molecule is CCC(=O)Nc1ccc2c(c1)oc1ccccc12. The fourth-order valence-electron chi connectivity index (χ4n) is 2.05. The zero-order chi connectivity index (χ0) is 12.5. The van der Waals surface area contributed by atoms with E-state index in [0.717, 1.165) is 27.6 Å². The molecule has 0 radical (unpaired) electrons. The van der Waals surface area contributed by atoms with Crippen molar-refractivity contribution in [2.24, 2.45) is 0 Å². The molecular weight excluding hydrogens is 226 g/mol. The van der Waals surface area contributed by atoms with Crippen molar-refractivity contribution in [2.45, 2.75) is 13.3 Å². The number of rotatable bonds is 2. The Bertz CT molecular complexity index is 728. The number of amides is 1. The van der Waals surface area contributed by atoms with E-state index in [4.69, 9.17) is 4.42 Å². The van der Waals surface area contributed by atoms with Crippen LogP contribution in [-0.4, -0.2) is 5.91 Å². The monoisotopic (exact) mass is 239 g/mol. The predicted octanol–water partition coefficient (Wildman–Crippen LogP) is 3.93. The molecular formula is C15H13NO2. The molecule has 1 amide bonds. The van der Waals surface area contributed by atoms with Gasteiger partial charge in [-0.15, -0.1) is 0 Å². The topological polar surface area (TPSA) is 42.2 Å². The molecule has 3 rings (SSSR count). The van der Waals surface area contributed by atoms with Crippen molar-refractivity contribution >= 4 is 33.5 Å². The smallest absolute Gasteiger partial charge is 0.224 e. The second-order valence-electron chi connectivity index (χ2n) is 4.21. The highest BCUT2D eigenvalue weighted by Crippen LogP contribution is 2.30. The van der Waals surface area contributed by atoms with E-state index < -0.39 is 0 Å². The number of hydrogen-bond acceptors (Lipinski definition) is 2. The Morgan fingerprint density at radius 1 is 1.11 bits per heavy atom. The van der Waals surface area contributed by atoms with Crippen LogP contribution >= 0.6 is 0 Å². The zero-order valence-electron chi connectivity index (χ0n) is 10.1. The first kappa shape index (κ1) is 10.8. The van der Waals surface area contributed by atoms with Gasteiger partial charge in [0.15, 0.2) is 0 Å². The Morgan fingerprint density at radius 2 is 1.89 bits per heavy atom. The third-order valence-electron chi connectivity index (χ3n) is 2.98. The van der Waals surface area contributed by atoms with Crippen LogP contribution < -0.4 is 5.32 Å². The van der Waals surface area contributed by atoms with E-state index in [2.05, 4.69) is 5.32 Å². The lowest BCUT2D eigenvalue weighted by molar-refractivity contribution is -0.115. The number of benzene rings is 2. The van der Waals surface area contributed by atoms with E-state index in [0.29, 0.717) is 6.42 Å². The van der Waals surface area contributed by atoms with Crippen LogP contribution in [0.15, 0.2) is 46.9 Å². The van der Waals surface area contributed by atoms with Crippen molar-refractivity contribution in [1.29, 1.82) is 0 Å². The number of hydrogen-bond donors (Lipinski definition) is 1. The second kappa shape index (κ2) is 4.18. The molecule has 0 unspecified atom stereocenters. The van der Waals surface area contributed by atoms with Crippen molar-refractivity contribution in [3.8, 4) is 0 Å². The molecule has 3 nitrogen and oxygen atoms in total. The van der Waals surface area contributed by atoms with Gasteiger partial charge in [-0.05, 0) is 18.2 Å². The summed E-state index contributed by atoms with van der Waals surface area (Å²) < 4.78 is 5.76. The first-order valence-electron chi connectivity index (χ1n) is 5.99. The van der Waals surface area contributed by atoms with Crippen LogP contribution in [0.2, 0.25) is 0 Å². The summed E-state index contributed by atoms with van der Waals surface area (Å²) in [6.07, 6.45) is 0.470. The molecule has 3 aromatic rings. The van der Waals surface area contributed by atoms with E-state index in [1.165, 1.54) is 0 Å². The normalized spacial score (nSPS) is 10.9. The lowest BCUT2D eigenvalue weighted by atomic mass is 10.1. The number of carbonyl (C=O) groups excluding carboxylic acids is 1. The summed E-state index contributed by atoms with van der Waals surface area (Å²) in [6, 6.07) is 13.7. The molecule has 18 heavy (non-hydrogen) atoms. The minimum absolute atomic E-state index is 0.00506. The number of fused-ring (bicyclic) bond motifs is 3. The third-order valence-corrected chi connectivity index (χ3v) is 2.98. The van der Waals surface area contributed by atoms with Crippen molar-refractivity contribution in [2.75, 3.05) is 5.32 Å². The van der Waals surface area contributed by atoms with Crippen LogP contribution in [0.4, 0.5) is 5.69 Å². The van der Waals surface area contributed by atoms with Gasteiger partial charge in [-0.2, -0.15) is 0 Å². The van der Waals surface area contributed by atoms with E-state index in [1.807, 2.05) is 49.4 Å². The number of nitrogens with one attached hydrogen (secondary N) is 1. The molecule has 0 spiro atoms. The average molecular weight is 239 g/mol. The summed E-state index contributed by atoms with van der Waals surface area (Å²) in [7, 11) is 0. The molecule has 1 heterocycles. The Hall–Kier alpha value is -2.29. The van der Waals surface area contributed by atoms with Crippen LogP contribution in [0, 0.1) is 0 Å². The van der Waals surface area contributed by atoms with Gasteiger partial charge in [-0.1, -0.05) is 25.1 Å². The van der Waals surface area contributed by atoms with Gasteiger partial charge in [0.2, 0.25) is 5.91 Å². The van der Waals surface area contributed by atoms with Crippen molar-refractivity contribution < 1.29 is 9.21 Å². The van der Waals surface area contributed by atoms with Gasteiger partial charge in [0.25, 0.3) is 0 Å². The standard InChI is InChI=1S/C15H13NO2/c1-2-15(17)16-10-7-8-12-11-5-3-4-6-13(11)18-14(12)9-10/h3-9H,2H2,1H3,(H,16,17). The van der Waals surface area contributed by atoms with Crippen molar-refractivity contribution in [1.82, 2.24) is 0 Å². The maximum absolute atomic E-state index is 11.3. The lowest BCUT2D eigenvalue weighted by Gasteiger charge is -2.02. The molecule has 0 saturated heterocycles. The maximum Gasteiger partial charge on any atom is 0.224 e. The first-order chi connectivity index (χ1) is 8.78. The molecule has 0 fully saturated rings. The molecule has 0 saturated carbocycles. The average Bonchev–Trinajstić information content (AvgIpc) is 2.76. The maximum atomic E-state index is 11.3. The fourth-order valence-corrected chi connectivity index (χ4v) is 2.05. The first-order valence-corrected chi connectivity index (χ1v) is 5.99. The fraction of sp³-hybridized carbons (Fsp3) is 0.133. The minimum atomic E-state index is 0.00506. The molecule has 3 heteroatoms. The third kappa shape index (κ3) is 1.74. The molecule has 1 N–H and O–H groups in total. The second-order valence-corrected chi connectivity index (χ2v) is 4.21. The Balaban J connectivity index is 2.12. The Kier molecular flexibility index (Phi) is 2.52. The zero-order valence-corrected chi connectivity index (χ0v) is 10.1. The van der Waals surface area contributed by atoms with Gasteiger partial charge in [0.1, 0.15) is 11.2 Å². The summed E-state index contributed by atoms with van der Waals surface area (Å²) in [5, 5.41) is 5.00. The Morgan fingerprint density at radius 3 is 2.72 bits per heavy atom. The van der Waals surface area contributed by atoms with Crippen LogP contribution in [0.3, 0.4) is 0 Å². The quantitative estimate of drug-likeness (QED) is 0.736. The molecule has 1 aromatic heterocycles. The molecule has 2 aromatic carbocycles. The highest BCUT2D eigenvalue weighted by molar-refractivity contribution is 6.06. The van der Waals surface area contributed by atoms with Gasteiger partial charge >= 0.3 is 0 Å². The summed E-state index contributed by atoms with van der Waals surface area (Å²) in [4.78, 5) is 11.3. The number of para-hydroxylation sites is 1. The predicted molar refractivity (Wildman–Crippen MR) is 72.6 cm³/mol. The van der Waals surface area contributed by atoms with E-state index >= 15 is 0 Å². The van der Waals surface area contributed by atoms with E-state index in [9.17, 15) is 4.79 Å². The van der Waals surface area contributed by atoms with Gasteiger partial charge in [0.05, 0.1) is 0 Å². The van der Waals surface area contributed by atoms with E-state index in [-0.39, 0.29) is 5.91 Å². The lowest BCUT2D eigenvalue weighted by Crippen LogP contribution is -2.08. The minimum Gasteiger partial charge on any atom is -0.456 e. The number of carbonyl (C=O) groups is 1. The van der Waals surface area contributed by atoms with Crippen molar-refractivity contribution in [3.05, 3.63) is 42.5 Å². The van der Waals surface area contributed by atoms with Gasteiger partial charge in [-0.3, -0.25) is 4.79 Å². The highest BCUT2D eigenvalue weighted by atomic mass is 16.3. The van der Waals surface area contributed by atoms with Gasteiger partial charge in [-0.25, -0.2) is 0 Å². The number of furan rings is 1. The molecule has 0 aliphatic rings. The van der Waals surface area contributed by atoms with Crippen LogP contribution in [0.25, 0.3) is 21.9 Å². The molecule has 0 bridgehead atoms. The Labute approximate surface area is 104 Å². The molecule has 0 aliphatic heterocycles. The van der Waals surface area contributed by atoms with Gasteiger partial charge in [0, 0.05) is 28.9 Å². The summed E-state index contributed by atoms with van der Waals surface area (Å²) in [6.45, 7) is 1.83. The summed E-state index contributed by atoms with van der Waals surface area (Å²) in [5.74, 6) is 0.00506. The highest BCUT2D eigenvalue weighted by Gasteiger charge is 2.07. The van der Waals surface area contributed by atoms with Gasteiger partial charge < -0.3 is 9.73 Å². The van der Waals surface area contributed by atoms with E-state index in [1.54, 1.807) is 0 Å². The molecule has 0 atom stereocenters. The largest absolute Gasteiger partial charge is 0.456 e. The van der Waals surface area contributed by atoms with Crippen LogP contribution in [-0.2, 0) is 4.79 Å². The van der Waals surface area contributed by atoms with Crippen molar-refractivity contribution in [3.63, 3.8) is 0 Å². The number of anilines is 1. The summed E-state index contributed by atoms with van der Waals surface area (Å²) >= 11 is 0. The molecule has 90 valence electrons. The molecule has 0 aliphatic carbocycles. The summed E-state index contributed by atoms with van der Waals surface area (Å²) in [5.41, 5.74) is 2.44. The van der Waals surface area contributed by atoms with Crippen LogP contribution in [0.5, 0.6) is 0 Å².